The van der Waals surface area contributed by atoms with E-state index in [4.69, 9.17) is 0 Å². The lowest BCUT2D eigenvalue weighted by molar-refractivity contribution is 0.206. The topological polar surface area (TPSA) is 3.24 Å². The summed E-state index contributed by atoms with van der Waals surface area (Å²) in [5, 5.41) is 0. The second-order valence-corrected chi connectivity index (χ2v) is 5.29. The molecule has 0 aliphatic carbocycles. The highest BCUT2D eigenvalue weighted by atomic mass is 15.1. The van der Waals surface area contributed by atoms with Crippen molar-refractivity contribution < 1.29 is 0 Å². The summed E-state index contributed by atoms with van der Waals surface area (Å²) < 4.78 is 0. The van der Waals surface area contributed by atoms with Gasteiger partial charge in [0, 0.05) is 5.41 Å². The third-order valence-corrected chi connectivity index (χ3v) is 2.59. The molecule has 80 valence electrons. The number of hydrogen-bond donors (Lipinski definition) is 0. The maximum atomic E-state index is 3.37. The Balaban J connectivity index is 2.46. The number of nitrogens with zero attached hydrogens (tertiary/aromatic N) is 1. The fourth-order valence-electron chi connectivity index (χ4n) is 1.72. The van der Waals surface area contributed by atoms with Gasteiger partial charge in [0.25, 0.3) is 0 Å². The first-order chi connectivity index (χ1) is 6.49. The van der Waals surface area contributed by atoms with Gasteiger partial charge in [-0.2, -0.15) is 0 Å². The quantitative estimate of drug-likeness (QED) is 0.579. The first-order valence-corrected chi connectivity index (χ1v) is 5.76. The molecule has 14 heavy (non-hydrogen) atoms. The molecule has 1 fully saturated rings. The zero-order valence-electron chi connectivity index (χ0n) is 10.1. The molecule has 0 saturated carbocycles. The van der Waals surface area contributed by atoms with Crippen LogP contribution in [0.2, 0.25) is 0 Å². The molecule has 0 N–H and O–H groups in total. The third kappa shape index (κ3) is 4.15. The SMILES string of the molecule is C[C@H](C#CC(C)(C)C)N1CCCCC1. The second kappa shape index (κ2) is 4.84. The largest absolute Gasteiger partial charge is 0.290 e. The second-order valence-electron chi connectivity index (χ2n) is 5.29. The summed E-state index contributed by atoms with van der Waals surface area (Å²) in [6.45, 7) is 11.2. The average Bonchev–Trinajstić information content (AvgIpc) is 2.14. The smallest absolute Gasteiger partial charge is 0.0686 e. The molecule has 0 aromatic rings. The lowest BCUT2D eigenvalue weighted by atomic mass is 9.97. The van der Waals surface area contributed by atoms with Crippen LogP contribution in [0, 0.1) is 17.3 Å². The molecule has 0 bridgehead atoms. The van der Waals surface area contributed by atoms with Crippen LogP contribution in [0.15, 0.2) is 0 Å². The Hall–Kier alpha value is -0.480. The predicted molar refractivity (Wildman–Crippen MR) is 62.1 cm³/mol. The van der Waals surface area contributed by atoms with Crippen LogP contribution >= 0.6 is 0 Å². The van der Waals surface area contributed by atoms with E-state index in [1.54, 1.807) is 0 Å². The van der Waals surface area contributed by atoms with Gasteiger partial charge in [-0.3, -0.25) is 4.90 Å². The highest BCUT2D eigenvalue weighted by Crippen LogP contribution is 2.13. The molecule has 0 aromatic carbocycles. The molecule has 1 saturated heterocycles. The van der Waals surface area contributed by atoms with Crippen molar-refractivity contribution in [3.63, 3.8) is 0 Å². The predicted octanol–water partition coefficient (Wildman–Crippen LogP) is 2.91. The van der Waals surface area contributed by atoms with Gasteiger partial charge in [0.1, 0.15) is 0 Å². The van der Waals surface area contributed by atoms with Gasteiger partial charge < -0.3 is 0 Å². The zero-order valence-corrected chi connectivity index (χ0v) is 10.1. The minimum absolute atomic E-state index is 0.143. The highest BCUT2D eigenvalue weighted by Gasteiger charge is 2.14. The summed E-state index contributed by atoms with van der Waals surface area (Å²) in [5.74, 6) is 6.70. The van der Waals surface area contributed by atoms with Crippen LogP contribution in [0.1, 0.15) is 47.0 Å². The summed E-state index contributed by atoms with van der Waals surface area (Å²) in [7, 11) is 0. The monoisotopic (exact) mass is 193 g/mol. The lowest BCUT2D eigenvalue weighted by Gasteiger charge is -2.29. The summed E-state index contributed by atoms with van der Waals surface area (Å²) in [6.07, 6.45) is 4.10. The van der Waals surface area contributed by atoms with E-state index in [0.29, 0.717) is 6.04 Å². The summed E-state index contributed by atoms with van der Waals surface area (Å²) in [5.41, 5.74) is 0.143. The van der Waals surface area contributed by atoms with Gasteiger partial charge in [0.15, 0.2) is 0 Å². The molecule has 1 heteroatoms. The molecular formula is C13H23N. The van der Waals surface area contributed by atoms with E-state index < -0.39 is 0 Å². The van der Waals surface area contributed by atoms with Crippen molar-refractivity contribution in [2.24, 2.45) is 5.41 Å². The van der Waals surface area contributed by atoms with E-state index in [9.17, 15) is 0 Å². The highest BCUT2D eigenvalue weighted by molar-refractivity contribution is 5.12. The normalized spacial score (nSPS) is 21.1. The molecule has 1 nitrogen and oxygen atoms in total. The van der Waals surface area contributed by atoms with Gasteiger partial charge in [0.2, 0.25) is 0 Å². The van der Waals surface area contributed by atoms with Crippen molar-refractivity contribution in [3.8, 4) is 11.8 Å². The van der Waals surface area contributed by atoms with Gasteiger partial charge in [0.05, 0.1) is 6.04 Å². The van der Waals surface area contributed by atoms with E-state index in [0.717, 1.165) is 0 Å². The molecule has 1 atom stereocenters. The number of hydrogen-bond acceptors (Lipinski definition) is 1. The summed E-state index contributed by atoms with van der Waals surface area (Å²) >= 11 is 0. The number of piperidine rings is 1. The van der Waals surface area contributed by atoms with Gasteiger partial charge >= 0.3 is 0 Å². The summed E-state index contributed by atoms with van der Waals surface area (Å²) in [6, 6.07) is 0.439. The summed E-state index contributed by atoms with van der Waals surface area (Å²) in [4.78, 5) is 2.50. The van der Waals surface area contributed by atoms with E-state index in [1.165, 1.54) is 32.4 Å². The Bertz CT molecular complexity index is 220. The average molecular weight is 193 g/mol. The van der Waals surface area contributed by atoms with Crippen molar-refractivity contribution in [2.45, 2.75) is 53.0 Å². The Morgan fingerprint density at radius 1 is 1.07 bits per heavy atom. The van der Waals surface area contributed by atoms with Gasteiger partial charge in [-0.25, -0.2) is 0 Å². The van der Waals surface area contributed by atoms with Crippen LogP contribution in [0.5, 0.6) is 0 Å². The van der Waals surface area contributed by atoms with Gasteiger partial charge in [-0.1, -0.05) is 18.3 Å². The van der Waals surface area contributed by atoms with E-state index in [1.807, 2.05) is 0 Å². The standard InChI is InChI=1S/C13H23N/c1-12(8-9-13(2,3)4)14-10-6-5-7-11-14/h12H,5-7,10-11H2,1-4H3/t12-/m1/s1. The fraction of sp³-hybridized carbons (Fsp3) is 0.846. The van der Waals surface area contributed by atoms with Crippen molar-refractivity contribution in [1.82, 2.24) is 4.90 Å². The molecule has 0 spiro atoms. The number of rotatable bonds is 1. The van der Waals surface area contributed by atoms with Crippen LogP contribution in [0.3, 0.4) is 0 Å². The maximum absolute atomic E-state index is 3.37. The minimum Gasteiger partial charge on any atom is -0.290 e. The van der Waals surface area contributed by atoms with Crippen LogP contribution in [0.4, 0.5) is 0 Å². The molecule has 1 heterocycles. The van der Waals surface area contributed by atoms with Crippen molar-refractivity contribution in [1.29, 1.82) is 0 Å². The van der Waals surface area contributed by atoms with Crippen molar-refractivity contribution >= 4 is 0 Å². The van der Waals surface area contributed by atoms with Crippen LogP contribution in [0.25, 0.3) is 0 Å². The molecule has 1 aliphatic rings. The first kappa shape index (κ1) is 11.6. The van der Waals surface area contributed by atoms with E-state index >= 15 is 0 Å². The lowest BCUT2D eigenvalue weighted by Crippen LogP contribution is -2.36. The Labute approximate surface area is 88.9 Å². The molecule has 0 aromatic heterocycles. The maximum Gasteiger partial charge on any atom is 0.0686 e. The molecule has 0 amide bonds. The minimum atomic E-state index is 0.143. The van der Waals surface area contributed by atoms with Crippen molar-refractivity contribution in [3.05, 3.63) is 0 Å². The Morgan fingerprint density at radius 3 is 2.14 bits per heavy atom. The van der Waals surface area contributed by atoms with Crippen LogP contribution in [-0.4, -0.2) is 24.0 Å². The molecular weight excluding hydrogens is 170 g/mol. The van der Waals surface area contributed by atoms with Gasteiger partial charge in [-0.05, 0) is 53.6 Å². The molecule has 0 radical (unpaired) electrons. The van der Waals surface area contributed by atoms with Crippen LogP contribution in [-0.2, 0) is 0 Å². The van der Waals surface area contributed by atoms with Gasteiger partial charge in [-0.15, -0.1) is 0 Å². The van der Waals surface area contributed by atoms with Crippen LogP contribution < -0.4 is 0 Å². The molecule has 0 unspecified atom stereocenters. The Kier molecular flexibility index (Phi) is 4.01. The third-order valence-electron chi connectivity index (χ3n) is 2.59. The zero-order chi connectivity index (χ0) is 10.6. The Morgan fingerprint density at radius 2 is 1.64 bits per heavy atom. The van der Waals surface area contributed by atoms with E-state index in [2.05, 4.69) is 44.4 Å². The molecule has 1 rings (SSSR count). The number of likely N-dealkylation sites (tertiary alicyclic amines) is 1. The van der Waals surface area contributed by atoms with E-state index in [-0.39, 0.29) is 5.41 Å². The fourth-order valence-corrected chi connectivity index (χ4v) is 1.72. The first-order valence-electron chi connectivity index (χ1n) is 5.76. The molecule has 1 aliphatic heterocycles. The van der Waals surface area contributed by atoms with Crippen molar-refractivity contribution in [2.75, 3.05) is 13.1 Å².